The molecular weight excluding hydrogens is 241 g/mol. The van der Waals surface area contributed by atoms with E-state index in [1.54, 1.807) is 24.3 Å². The van der Waals surface area contributed by atoms with Crippen molar-refractivity contribution < 1.29 is 9.13 Å². The Hall–Kier alpha value is -2.05. The van der Waals surface area contributed by atoms with Crippen LogP contribution in [0, 0.1) is 17.1 Å². The van der Waals surface area contributed by atoms with Crippen LogP contribution in [0.4, 0.5) is 4.39 Å². The van der Waals surface area contributed by atoms with Crippen LogP contribution in [0.3, 0.4) is 0 Å². The number of hydrogen-bond donors (Lipinski definition) is 0. The van der Waals surface area contributed by atoms with Crippen LogP contribution in [0.15, 0.2) is 42.5 Å². The third-order valence-electron chi connectivity index (χ3n) is 2.06. The van der Waals surface area contributed by atoms with Crippen LogP contribution in [0.25, 0.3) is 0 Å². The zero-order chi connectivity index (χ0) is 12.3. The quantitative estimate of drug-likeness (QED) is 0.799. The number of halogens is 2. The predicted octanol–water partition coefficient (Wildman–Crippen LogP) is 4.14. The second kappa shape index (κ2) is 4.86. The van der Waals surface area contributed by atoms with E-state index in [2.05, 4.69) is 0 Å². The molecule has 2 nitrogen and oxygen atoms in total. The lowest BCUT2D eigenvalue weighted by molar-refractivity contribution is 0.477. The summed E-state index contributed by atoms with van der Waals surface area (Å²) in [5, 5.41) is 9.14. The van der Waals surface area contributed by atoms with Gasteiger partial charge in [0.25, 0.3) is 0 Å². The Morgan fingerprint density at radius 3 is 2.65 bits per heavy atom. The fraction of sp³-hybridized carbons (Fsp3) is 0. The molecule has 0 aliphatic carbocycles. The van der Waals surface area contributed by atoms with E-state index in [1.165, 1.54) is 12.1 Å². The van der Waals surface area contributed by atoms with Crippen LogP contribution in [0.1, 0.15) is 5.56 Å². The Bertz CT molecular complexity index is 592. The lowest BCUT2D eigenvalue weighted by Crippen LogP contribution is -1.88. The zero-order valence-corrected chi connectivity index (χ0v) is 9.41. The van der Waals surface area contributed by atoms with E-state index in [-0.39, 0.29) is 11.3 Å². The van der Waals surface area contributed by atoms with Crippen LogP contribution >= 0.6 is 11.6 Å². The lowest BCUT2D eigenvalue weighted by Gasteiger charge is -2.07. The van der Waals surface area contributed by atoms with E-state index in [4.69, 9.17) is 21.6 Å². The van der Waals surface area contributed by atoms with Crippen molar-refractivity contribution in [2.24, 2.45) is 0 Å². The molecule has 84 valence electrons. The first-order valence-corrected chi connectivity index (χ1v) is 5.20. The molecule has 0 aliphatic rings. The van der Waals surface area contributed by atoms with Gasteiger partial charge in [-0.2, -0.15) is 5.26 Å². The zero-order valence-electron chi connectivity index (χ0n) is 8.65. The minimum absolute atomic E-state index is 0.201. The molecule has 0 heterocycles. The molecule has 0 atom stereocenters. The van der Waals surface area contributed by atoms with Gasteiger partial charge in [-0.3, -0.25) is 0 Å². The van der Waals surface area contributed by atoms with Crippen molar-refractivity contribution in [1.29, 1.82) is 5.26 Å². The highest BCUT2D eigenvalue weighted by Gasteiger charge is 2.05. The molecule has 0 N–H and O–H groups in total. The van der Waals surface area contributed by atoms with Crippen molar-refractivity contribution in [2.45, 2.75) is 0 Å². The van der Waals surface area contributed by atoms with Gasteiger partial charge in [0, 0.05) is 6.07 Å². The first-order chi connectivity index (χ1) is 8.19. The SMILES string of the molecule is N#Cc1cc(F)cc(Oc2ccccc2Cl)c1. The second-order valence-electron chi connectivity index (χ2n) is 3.32. The molecule has 17 heavy (non-hydrogen) atoms. The minimum Gasteiger partial charge on any atom is -0.456 e. The maximum atomic E-state index is 13.2. The van der Waals surface area contributed by atoms with E-state index < -0.39 is 5.82 Å². The normalized spacial score (nSPS) is 9.71. The molecule has 0 radical (unpaired) electrons. The topological polar surface area (TPSA) is 33.0 Å². The van der Waals surface area contributed by atoms with Crippen molar-refractivity contribution in [1.82, 2.24) is 0 Å². The third-order valence-corrected chi connectivity index (χ3v) is 2.38. The highest BCUT2D eigenvalue weighted by molar-refractivity contribution is 6.32. The van der Waals surface area contributed by atoms with E-state index in [0.29, 0.717) is 10.8 Å². The Labute approximate surface area is 103 Å². The summed E-state index contributed by atoms with van der Waals surface area (Å²) >= 11 is 5.90. The highest BCUT2D eigenvalue weighted by atomic mass is 35.5. The van der Waals surface area contributed by atoms with Crippen molar-refractivity contribution in [3.63, 3.8) is 0 Å². The molecule has 0 spiro atoms. The maximum absolute atomic E-state index is 13.2. The van der Waals surface area contributed by atoms with Gasteiger partial charge in [0.1, 0.15) is 17.3 Å². The number of nitriles is 1. The molecule has 0 saturated heterocycles. The molecule has 0 unspecified atom stereocenters. The lowest BCUT2D eigenvalue weighted by atomic mass is 10.2. The molecule has 0 aromatic heterocycles. The Kier molecular flexibility index (Phi) is 3.27. The van der Waals surface area contributed by atoms with Gasteiger partial charge in [0.05, 0.1) is 16.7 Å². The predicted molar refractivity (Wildman–Crippen MR) is 62.6 cm³/mol. The van der Waals surface area contributed by atoms with Crippen molar-refractivity contribution in [3.8, 4) is 17.6 Å². The fourth-order valence-electron chi connectivity index (χ4n) is 1.34. The van der Waals surface area contributed by atoms with Crippen LogP contribution in [0.5, 0.6) is 11.5 Å². The van der Waals surface area contributed by atoms with E-state index in [9.17, 15) is 4.39 Å². The summed E-state index contributed by atoms with van der Waals surface area (Å²) in [5.41, 5.74) is 0.201. The van der Waals surface area contributed by atoms with Gasteiger partial charge < -0.3 is 4.74 Å². The van der Waals surface area contributed by atoms with Crippen molar-refractivity contribution >= 4 is 11.6 Å². The fourth-order valence-corrected chi connectivity index (χ4v) is 1.51. The van der Waals surface area contributed by atoms with Gasteiger partial charge >= 0.3 is 0 Å². The van der Waals surface area contributed by atoms with Crippen LogP contribution < -0.4 is 4.74 Å². The van der Waals surface area contributed by atoms with E-state index >= 15 is 0 Å². The first-order valence-electron chi connectivity index (χ1n) is 4.82. The number of hydrogen-bond acceptors (Lipinski definition) is 2. The Morgan fingerprint density at radius 2 is 1.94 bits per heavy atom. The summed E-state index contributed by atoms with van der Waals surface area (Å²) in [5.74, 6) is 0.143. The van der Waals surface area contributed by atoms with Gasteiger partial charge in [-0.25, -0.2) is 4.39 Å². The summed E-state index contributed by atoms with van der Waals surface area (Å²) < 4.78 is 18.6. The molecule has 2 aromatic rings. The summed E-state index contributed by atoms with van der Waals surface area (Å²) in [6, 6.07) is 12.5. The number of para-hydroxylation sites is 1. The smallest absolute Gasteiger partial charge is 0.146 e. The van der Waals surface area contributed by atoms with Crippen molar-refractivity contribution in [3.05, 3.63) is 58.9 Å². The number of benzene rings is 2. The summed E-state index contributed by atoms with van der Waals surface area (Å²) in [6.07, 6.45) is 0. The van der Waals surface area contributed by atoms with Crippen molar-refractivity contribution in [2.75, 3.05) is 0 Å². The van der Waals surface area contributed by atoms with Gasteiger partial charge in [-0.05, 0) is 24.3 Å². The molecule has 0 amide bonds. The molecule has 4 heteroatoms. The Balaban J connectivity index is 2.34. The van der Waals surface area contributed by atoms with Gasteiger partial charge in [0.15, 0.2) is 0 Å². The monoisotopic (exact) mass is 247 g/mol. The molecule has 0 saturated carbocycles. The number of nitrogens with zero attached hydrogens (tertiary/aromatic N) is 1. The van der Waals surface area contributed by atoms with Gasteiger partial charge in [-0.1, -0.05) is 23.7 Å². The minimum atomic E-state index is -0.522. The first kappa shape index (κ1) is 11.4. The molecule has 2 rings (SSSR count). The van der Waals surface area contributed by atoms with Gasteiger partial charge in [-0.15, -0.1) is 0 Å². The highest BCUT2D eigenvalue weighted by Crippen LogP contribution is 2.29. The number of rotatable bonds is 2. The molecular formula is C13H7ClFNO. The molecule has 0 bridgehead atoms. The summed E-state index contributed by atoms with van der Waals surface area (Å²) in [4.78, 5) is 0. The average Bonchev–Trinajstić information content (AvgIpc) is 2.31. The largest absolute Gasteiger partial charge is 0.456 e. The van der Waals surface area contributed by atoms with Crippen LogP contribution in [-0.2, 0) is 0 Å². The van der Waals surface area contributed by atoms with Gasteiger partial charge in [0.2, 0.25) is 0 Å². The summed E-state index contributed by atoms with van der Waals surface area (Å²) in [7, 11) is 0. The summed E-state index contributed by atoms with van der Waals surface area (Å²) in [6.45, 7) is 0. The van der Waals surface area contributed by atoms with E-state index in [0.717, 1.165) is 6.07 Å². The second-order valence-corrected chi connectivity index (χ2v) is 3.73. The standard InChI is InChI=1S/C13H7ClFNO/c14-12-3-1-2-4-13(12)17-11-6-9(8-16)5-10(15)7-11/h1-7H. The molecule has 2 aromatic carbocycles. The number of ether oxygens (including phenoxy) is 1. The third kappa shape index (κ3) is 2.74. The van der Waals surface area contributed by atoms with E-state index in [1.807, 2.05) is 6.07 Å². The van der Waals surface area contributed by atoms with Crippen LogP contribution in [0.2, 0.25) is 5.02 Å². The Morgan fingerprint density at radius 1 is 1.18 bits per heavy atom. The maximum Gasteiger partial charge on any atom is 0.146 e. The van der Waals surface area contributed by atoms with Crippen LogP contribution in [-0.4, -0.2) is 0 Å². The molecule has 0 aliphatic heterocycles. The molecule has 0 fully saturated rings. The average molecular weight is 248 g/mol.